The minimum absolute atomic E-state index is 0.646. The first-order valence-electron chi connectivity index (χ1n) is 20.6. The van der Waals surface area contributed by atoms with E-state index in [1.54, 1.807) is 11.3 Å². The molecule has 0 saturated carbocycles. The van der Waals surface area contributed by atoms with Crippen LogP contribution in [-0.2, 0) is 0 Å². The standard InChI is InChI=1S/C55H31N5S/c1-3-15-33(16-4-1)53-56-54(34-17-5-2-6-18-34)58-55(57-53)45-29-35(28-44-38-21-10-12-25-49(38)61-52(44)45)59-47-31-48-42(30-43(47)41-27-26-32-14-7-8-19-36(32)50(41)59)40-23-13-22-39-37-20-9-11-24-46(37)60(48)51(39)40/h1-31H. The van der Waals surface area contributed by atoms with E-state index in [0.717, 1.165) is 32.6 Å². The molecule has 0 saturated heterocycles. The molecule has 0 unspecified atom stereocenters. The van der Waals surface area contributed by atoms with Crippen LogP contribution in [0.15, 0.2) is 188 Å². The van der Waals surface area contributed by atoms with Crippen molar-refractivity contribution in [3.63, 3.8) is 0 Å². The monoisotopic (exact) mass is 793 g/mol. The van der Waals surface area contributed by atoms with Crippen LogP contribution in [0, 0.1) is 0 Å². The van der Waals surface area contributed by atoms with E-state index in [2.05, 4.69) is 161 Å². The SMILES string of the molecule is c1ccc(-c2nc(-c3ccccc3)nc(-c3cc(-n4c5cc6c(cc5c5ccc7ccccc7c54)c4cccc5c7ccccc7n6c54)cc4c3sc3ccccc34)n2)cc1. The highest BCUT2D eigenvalue weighted by Crippen LogP contribution is 2.46. The van der Waals surface area contributed by atoms with Crippen molar-refractivity contribution in [3.05, 3.63) is 188 Å². The zero-order valence-electron chi connectivity index (χ0n) is 32.5. The van der Waals surface area contributed by atoms with Crippen LogP contribution in [0.1, 0.15) is 0 Å². The molecule has 0 spiro atoms. The molecule has 0 bridgehead atoms. The van der Waals surface area contributed by atoms with Crippen LogP contribution >= 0.6 is 11.3 Å². The Labute approximate surface area is 352 Å². The van der Waals surface area contributed by atoms with Gasteiger partial charge in [-0.25, -0.2) is 15.0 Å². The van der Waals surface area contributed by atoms with E-state index >= 15 is 0 Å². The molecule has 0 amide bonds. The number of benzene rings is 9. The lowest BCUT2D eigenvalue weighted by Crippen LogP contribution is -2.01. The van der Waals surface area contributed by atoms with Gasteiger partial charge in [-0.3, -0.25) is 0 Å². The normalized spacial score (nSPS) is 12.3. The smallest absolute Gasteiger partial charge is 0.165 e. The third kappa shape index (κ3) is 4.62. The molecule has 282 valence electrons. The number of para-hydroxylation sites is 2. The molecule has 5 aromatic heterocycles. The summed E-state index contributed by atoms with van der Waals surface area (Å²) >= 11 is 1.80. The quantitative estimate of drug-likeness (QED) is 0.178. The molecule has 0 aliphatic rings. The number of fused-ring (bicyclic) bond motifs is 14. The fraction of sp³-hybridized carbons (Fsp3) is 0. The Kier molecular flexibility index (Phi) is 6.65. The average molecular weight is 794 g/mol. The van der Waals surface area contributed by atoms with Crippen LogP contribution < -0.4 is 0 Å². The van der Waals surface area contributed by atoms with Crippen LogP contribution in [-0.4, -0.2) is 23.9 Å². The Hall–Kier alpha value is -7.93. The van der Waals surface area contributed by atoms with Gasteiger partial charge in [-0.15, -0.1) is 11.3 Å². The first-order chi connectivity index (χ1) is 30.2. The zero-order valence-corrected chi connectivity index (χ0v) is 33.4. The summed E-state index contributed by atoms with van der Waals surface area (Å²) in [5.74, 6) is 1.94. The maximum absolute atomic E-state index is 5.30. The molecule has 0 radical (unpaired) electrons. The van der Waals surface area contributed by atoms with Gasteiger partial charge in [0.05, 0.1) is 27.6 Å². The molecule has 5 heterocycles. The van der Waals surface area contributed by atoms with Crippen molar-refractivity contribution in [1.82, 2.24) is 23.9 Å². The van der Waals surface area contributed by atoms with Crippen LogP contribution in [0.4, 0.5) is 0 Å². The second-order valence-electron chi connectivity index (χ2n) is 16.0. The molecule has 6 heteroatoms. The van der Waals surface area contributed by atoms with E-state index in [0.29, 0.717) is 17.5 Å². The van der Waals surface area contributed by atoms with Gasteiger partial charge in [-0.05, 0) is 41.8 Å². The Morgan fingerprint density at radius 2 is 0.967 bits per heavy atom. The van der Waals surface area contributed by atoms with Crippen molar-refractivity contribution in [2.75, 3.05) is 0 Å². The van der Waals surface area contributed by atoms with Crippen LogP contribution in [0.2, 0.25) is 0 Å². The molecule has 5 nitrogen and oxygen atoms in total. The maximum Gasteiger partial charge on any atom is 0.165 e. The molecule has 0 fully saturated rings. The van der Waals surface area contributed by atoms with Gasteiger partial charge in [0.1, 0.15) is 0 Å². The van der Waals surface area contributed by atoms with Crippen LogP contribution in [0.5, 0.6) is 0 Å². The predicted molar refractivity (Wildman–Crippen MR) is 256 cm³/mol. The van der Waals surface area contributed by atoms with Crippen molar-refractivity contribution >= 4 is 102 Å². The lowest BCUT2D eigenvalue weighted by Gasteiger charge is -2.14. The fourth-order valence-electron chi connectivity index (χ4n) is 10.0. The largest absolute Gasteiger partial charge is 0.308 e. The third-order valence-electron chi connectivity index (χ3n) is 12.7. The number of hydrogen-bond acceptors (Lipinski definition) is 4. The highest BCUT2D eigenvalue weighted by Gasteiger charge is 2.24. The van der Waals surface area contributed by atoms with Crippen LogP contribution in [0.25, 0.3) is 131 Å². The first-order valence-corrected chi connectivity index (χ1v) is 21.4. The lowest BCUT2D eigenvalue weighted by atomic mass is 10.0. The Morgan fingerprint density at radius 1 is 0.361 bits per heavy atom. The summed E-state index contributed by atoms with van der Waals surface area (Å²) in [5, 5.41) is 12.4. The van der Waals surface area contributed by atoms with Crippen molar-refractivity contribution in [3.8, 4) is 39.9 Å². The van der Waals surface area contributed by atoms with E-state index in [9.17, 15) is 0 Å². The molecule has 0 atom stereocenters. The number of nitrogens with zero attached hydrogens (tertiary/aromatic N) is 5. The minimum Gasteiger partial charge on any atom is -0.308 e. The lowest BCUT2D eigenvalue weighted by molar-refractivity contribution is 1.07. The molecule has 0 aliphatic heterocycles. The van der Waals surface area contributed by atoms with Crippen molar-refractivity contribution in [1.29, 1.82) is 0 Å². The molecule has 0 aliphatic carbocycles. The van der Waals surface area contributed by atoms with Gasteiger partial charge in [0, 0.05) is 80.3 Å². The molecular weight excluding hydrogens is 763 g/mol. The highest BCUT2D eigenvalue weighted by molar-refractivity contribution is 7.26. The summed E-state index contributed by atoms with van der Waals surface area (Å²) in [5.41, 5.74) is 9.97. The highest BCUT2D eigenvalue weighted by atomic mass is 32.1. The maximum atomic E-state index is 5.30. The molecule has 14 rings (SSSR count). The predicted octanol–water partition coefficient (Wildman–Crippen LogP) is 14.6. The van der Waals surface area contributed by atoms with E-state index in [1.165, 1.54) is 80.6 Å². The van der Waals surface area contributed by atoms with E-state index in [4.69, 9.17) is 15.0 Å². The van der Waals surface area contributed by atoms with Crippen molar-refractivity contribution in [2.45, 2.75) is 0 Å². The van der Waals surface area contributed by atoms with E-state index < -0.39 is 0 Å². The Bertz CT molecular complexity index is 4050. The summed E-state index contributed by atoms with van der Waals surface area (Å²) < 4.78 is 7.36. The second kappa shape index (κ2) is 12.3. The van der Waals surface area contributed by atoms with E-state index in [-0.39, 0.29) is 0 Å². The third-order valence-corrected chi connectivity index (χ3v) is 13.9. The van der Waals surface area contributed by atoms with Gasteiger partial charge in [0.25, 0.3) is 0 Å². The van der Waals surface area contributed by atoms with Gasteiger partial charge in [0.2, 0.25) is 0 Å². The molecular formula is C55H31N5S. The molecule has 61 heavy (non-hydrogen) atoms. The first kappa shape index (κ1) is 33.0. The summed E-state index contributed by atoms with van der Waals surface area (Å²) in [4.78, 5) is 15.7. The number of hydrogen-bond donors (Lipinski definition) is 0. The minimum atomic E-state index is 0.646. The Morgan fingerprint density at radius 3 is 1.75 bits per heavy atom. The summed E-state index contributed by atoms with van der Waals surface area (Å²) in [7, 11) is 0. The fourth-order valence-corrected chi connectivity index (χ4v) is 11.2. The summed E-state index contributed by atoms with van der Waals surface area (Å²) in [6, 6.07) is 67.7. The van der Waals surface area contributed by atoms with Gasteiger partial charge in [-0.2, -0.15) is 0 Å². The van der Waals surface area contributed by atoms with Gasteiger partial charge in [-0.1, -0.05) is 152 Å². The average Bonchev–Trinajstić information content (AvgIpc) is 4.07. The van der Waals surface area contributed by atoms with Gasteiger partial charge in [0.15, 0.2) is 17.5 Å². The number of rotatable bonds is 4. The Balaban J connectivity index is 1.15. The molecule has 14 aromatic rings. The zero-order chi connectivity index (χ0) is 39.8. The van der Waals surface area contributed by atoms with Gasteiger partial charge < -0.3 is 8.97 Å². The van der Waals surface area contributed by atoms with Crippen molar-refractivity contribution in [2.24, 2.45) is 0 Å². The second-order valence-corrected chi connectivity index (χ2v) is 17.0. The number of thiophene rings is 1. The van der Waals surface area contributed by atoms with Gasteiger partial charge >= 0.3 is 0 Å². The van der Waals surface area contributed by atoms with Crippen molar-refractivity contribution < 1.29 is 0 Å². The van der Waals surface area contributed by atoms with E-state index in [1.807, 2.05) is 36.4 Å². The summed E-state index contributed by atoms with van der Waals surface area (Å²) in [6.45, 7) is 0. The molecule has 9 aromatic carbocycles. The summed E-state index contributed by atoms with van der Waals surface area (Å²) in [6.07, 6.45) is 0. The number of aromatic nitrogens is 5. The van der Waals surface area contributed by atoms with Crippen LogP contribution in [0.3, 0.4) is 0 Å². The topological polar surface area (TPSA) is 48.0 Å². The molecule has 0 N–H and O–H groups in total.